The van der Waals surface area contributed by atoms with Gasteiger partial charge in [0.15, 0.2) is 0 Å². The number of aliphatic hydroxyl groups is 1. The zero-order chi connectivity index (χ0) is 14.1. The first-order valence-corrected chi connectivity index (χ1v) is 6.68. The largest absolute Gasteiger partial charge is 0.464 e. The van der Waals surface area contributed by atoms with E-state index < -0.39 is 0 Å². The van der Waals surface area contributed by atoms with Crippen LogP contribution in [0.5, 0.6) is 6.01 Å². The zero-order valence-corrected chi connectivity index (χ0v) is 11.6. The summed E-state index contributed by atoms with van der Waals surface area (Å²) in [5, 5.41) is 12.1. The number of anilines is 2. The lowest BCUT2D eigenvalue weighted by molar-refractivity contribution is 0.255. The maximum atomic E-state index is 9.01. The normalized spacial score (nSPS) is 12.2. The predicted octanol–water partition coefficient (Wildman–Crippen LogP) is 1.06. The molecule has 0 saturated carbocycles. The van der Waals surface area contributed by atoms with Crippen molar-refractivity contribution in [3.63, 3.8) is 0 Å². The summed E-state index contributed by atoms with van der Waals surface area (Å²) >= 11 is 0. The van der Waals surface area contributed by atoms with Crippen LogP contribution in [0, 0.1) is 5.92 Å². The average Bonchev–Trinajstić information content (AvgIpc) is 2.36. The van der Waals surface area contributed by atoms with E-state index in [0.717, 1.165) is 19.3 Å². The maximum Gasteiger partial charge on any atom is 0.323 e. The molecule has 1 heterocycles. The van der Waals surface area contributed by atoms with Crippen molar-refractivity contribution >= 4 is 11.9 Å². The first-order chi connectivity index (χ1) is 9.19. The molecule has 4 N–H and O–H groups in total. The summed E-state index contributed by atoms with van der Waals surface area (Å²) < 4.78 is 5.21. The first kappa shape index (κ1) is 15.4. The van der Waals surface area contributed by atoms with E-state index in [1.54, 1.807) is 0 Å². The molecule has 0 aliphatic heterocycles. The minimum atomic E-state index is 0.134. The zero-order valence-electron chi connectivity index (χ0n) is 11.6. The number of hydrogen-bond donors (Lipinski definition) is 3. The Morgan fingerprint density at radius 1 is 1.26 bits per heavy atom. The van der Waals surface area contributed by atoms with Crippen molar-refractivity contribution in [2.45, 2.75) is 33.1 Å². The molecule has 0 fully saturated rings. The topological polar surface area (TPSA) is 106 Å². The van der Waals surface area contributed by atoms with Crippen LogP contribution in [0.2, 0.25) is 0 Å². The Bertz CT molecular complexity index is 369. The quantitative estimate of drug-likeness (QED) is 0.615. The summed E-state index contributed by atoms with van der Waals surface area (Å²) in [6, 6.07) is 0.228. The molecule has 1 aromatic heterocycles. The molecule has 0 saturated heterocycles. The maximum absolute atomic E-state index is 9.01. The highest BCUT2D eigenvalue weighted by atomic mass is 16.5. The lowest BCUT2D eigenvalue weighted by Gasteiger charge is -2.15. The Labute approximate surface area is 113 Å². The molecule has 1 aromatic rings. The molecule has 0 radical (unpaired) electrons. The number of nitrogens with two attached hydrogens (primary N) is 1. The summed E-state index contributed by atoms with van der Waals surface area (Å²) in [5.41, 5.74) is 5.59. The molecule has 1 atom stereocenters. The Morgan fingerprint density at radius 2 is 2.05 bits per heavy atom. The number of aliphatic hydroxyl groups excluding tert-OH is 1. The SMILES string of the molecule is CCCC(CCO)CNc1nc(N)nc(OCC)n1. The molecule has 0 aliphatic rings. The second-order valence-corrected chi connectivity index (χ2v) is 4.28. The molecule has 19 heavy (non-hydrogen) atoms. The van der Waals surface area contributed by atoms with Crippen molar-refractivity contribution in [3.05, 3.63) is 0 Å². The Hall–Kier alpha value is -1.63. The van der Waals surface area contributed by atoms with Crippen LogP contribution in [0.15, 0.2) is 0 Å². The number of nitrogen functional groups attached to an aromatic ring is 1. The number of nitrogens with zero attached hydrogens (tertiary/aromatic N) is 3. The number of ether oxygens (including phenoxy) is 1. The summed E-state index contributed by atoms with van der Waals surface area (Å²) in [6.45, 7) is 5.34. The molecule has 7 heteroatoms. The third-order valence-corrected chi connectivity index (χ3v) is 2.69. The van der Waals surface area contributed by atoms with E-state index in [1.165, 1.54) is 0 Å². The summed E-state index contributed by atoms with van der Waals surface area (Å²) in [5.74, 6) is 0.939. The Morgan fingerprint density at radius 3 is 2.68 bits per heavy atom. The van der Waals surface area contributed by atoms with Crippen LogP contribution in [0.25, 0.3) is 0 Å². The predicted molar refractivity (Wildman–Crippen MR) is 74.0 cm³/mol. The highest BCUT2D eigenvalue weighted by molar-refractivity contribution is 5.32. The third-order valence-electron chi connectivity index (χ3n) is 2.69. The number of nitrogens with one attached hydrogen (secondary N) is 1. The van der Waals surface area contributed by atoms with E-state index in [9.17, 15) is 0 Å². The van der Waals surface area contributed by atoms with Crippen LogP contribution < -0.4 is 15.8 Å². The molecule has 0 spiro atoms. The van der Waals surface area contributed by atoms with Gasteiger partial charge in [-0.15, -0.1) is 0 Å². The summed E-state index contributed by atoms with van der Waals surface area (Å²) in [4.78, 5) is 12.0. The lowest BCUT2D eigenvalue weighted by Crippen LogP contribution is -2.18. The second-order valence-electron chi connectivity index (χ2n) is 4.28. The third kappa shape index (κ3) is 5.69. The van der Waals surface area contributed by atoms with Gasteiger partial charge < -0.3 is 20.9 Å². The fourth-order valence-electron chi connectivity index (χ4n) is 1.82. The van der Waals surface area contributed by atoms with Gasteiger partial charge in [-0.25, -0.2) is 0 Å². The Balaban J connectivity index is 2.59. The molecule has 0 bridgehead atoms. The van der Waals surface area contributed by atoms with Gasteiger partial charge >= 0.3 is 6.01 Å². The number of hydrogen-bond acceptors (Lipinski definition) is 7. The standard InChI is InChI=1S/C12H23N5O2/c1-3-5-9(6-7-18)8-14-11-15-10(13)16-12(17-11)19-4-2/h9,18H,3-8H2,1-2H3,(H3,13,14,15,16,17). The van der Waals surface area contributed by atoms with Crippen molar-refractivity contribution in [3.8, 4) is 6.01 Å². The van der Waals surface area contributed by atoms with Gasteiger partial charge in [-0.05, 0) is 25.7 Å². The van der Waals surface area contributed by atoms with Crippen molar-refractivity contribution in [1.82, 2.24) is 15.0 Å². The van der Waals surface area contributed by atoms with Crippen molar-refractivity contribution in [1.29, 1.82) is 0 Å². The fraction of sp³-hybridized carbons (Fsp3) is 0.750. The lowest BCUT2D eigenvalue weighted by atomic mass is 10.0. The van der Waals surface area contributed by atoms with Crippen molar-refractivity contribution < 1.29 is 9.84 Å². The highest BCUT2D eigenvalue weighted by Crippen LogP contribution is 2.13. The molecule has 0 aliphatic carbocycles. The molecule has 1 unspecified atom stereocenters. The fourth-order valence-corrected chi connectivity index (χ4v) is 1.82. The van der Waals surface area contributed by atoms with Crippen molar-refractivity contribution in [2.24, 2.45) is 5.92 Å². The van der Waals surface area contributed by atoms with Gasteiger partial charge in [0.1, 0.15) is 0 Å². The Kier molecular flexibility index (Phi) is 6.88. The average molecular weight is 269 g/mol. The van der Waals surface area contributed by atoms with Crippen LogP contribution >= 0.6 is 0 Å². The molecule has 108 valence electrons. The van der Waals surface area contributed by atoms with Gasteiger partial charge in [-0.2, -0.15) is 15.0 Å². The van der Waals surface area contributed by atoms with Crippen LogP contribution in [-0.2, 0) is 0 Å². The van der Waals surface area contributed by atoms with Gasteiger partial charge in [0.2, 0.25) is 11.9 Å². The van der Waals surface area contributed by atoms with Gasteiger partial charge in [-0.3, -0.25) is 0 Å². The molecule has 0 amide bonds. The van der Waals surface area contributed by atoms with Gasteiger partial charge in [0.25, 0.3) is 0 Å². The van der Waals surface area contributed by atoms with Crippen LogP contribution in [0.1, 0.15) is 33.1 Å². The van der Waals surface area contributed by atoms with Crippen LogP contribution in [0.4, 0.5) is 11.9 Å². The van der Waals surface area contributed by atoms with E-state index in [4.69, 9.17) is 15.6 Å². The molecular weight excluding hydrogens is 246 g/mol. The van der Waals surface area contributed by atoms with E-state index in [2.05, 4.69) is 27.2 Å². The van der Waals surface area contributed by atoms with Crippen molar-refractivity contribution in [2.75, 3.05) is 30.8 Å². The summed E-state index contributed by atoms with van der Waals surface area (Å²) in [7, 11) is 0. The van der Waals surface area contributed by atoms with E-state index in [1.807, 2.05) is 6.92 Å². The van der Waals surface area contributed by atoms with E-state index in [0.29, 0.717) is 25.0 Å². The highest BCUT2D eigenvalue weighted by Gasteiger charge is 2.09. The number of rotatable bonds is 9. The minimum Gasteiger partial charge on any atom is -0.464 e. The molecule has 1 rings (SSSR count). The smallest absolute Gasteiger partial charge is 0.323 e. The monoisotopic (exact) mass is 269 g/mol. The molecular formula is C12H23N5O2. The first-order valence-electron chi connectivity index (χ1n) is 6.68. The van der Waals surface area contributed by atoms with Crippen LogP contribution in [0.3, 0.4) is 0 Å². The minimum absolute atomic E-state index is 0.134. The second kappa shape index (κ2) is 8.47. The molecule has 0 aromatic carbocycles. The van der Waals surface area contributed by atoms with Crippen LogP contribution in [-0.4, -0.2) is 39.8 Å². The summed E-state index contributed by atoms with van der Waals surface area (Å²) in [6.07, 6.45) is 2.89. The van der Waals surface area contributed by atoms with Gasteiger partial charge in [0.05, 0.1) is 6.61 Å². The number of aromatic nitrogens is 3. The van der Waals surface area contributed by atoms with Gasteiger partial charge in [-0.1, -0.05) is 13.3 Å². The van der Waals surface area contributed by atoms with E-state index >= 15 is 0 Å². The van der Waals surface area contributed by atoms with E-state index in [-0.39, 0.29) is 18.6 Å². The van der Waals surface area contributed by atoms with Gasteiger partial charge in [0, 0.05) is 13.2 Å². The molecule has 7 nitrogen and oxygen atoms in total.